The van der Waals surface area contributed by atoms with E-state index in [1.54, 1.807) is 31.5 Å². The summed E-state index contributed by atoms with van der Waals surface area (Å²) < 4.78 is 0. The van der Waals surface area contributed by atoms with E-state index in [9.17, 15) is 9.90 Å². The summed E-state index contributed by atoms with van der Waals surface area (Å²) in [6, 6.07) is 13.1. The lowest BCUT2D eigenvalue weighted by Crippen LogP contribution is -2.46. The predicted molar refractivity (Wildman–Crippen MR) is 72.5 cm³/mol. The van der Waals surface area contributed by atoms with Crippen LogP contribution >= 0.6 is 0 Å². The fraction of sp³-hybridized carbons (Fsp3) is 0.200. The van der Waals surface area contributed by atoms with E-state index < -0.39 is 11.5 Å². The standard InChI is InChI=1S/C15H16N2O2/c1-15(14(18)19,13-7-9-16-10-8-13)17-11-12-5-3-2-4-6-12/h2-10,17H,11H2,1H3,(H,18,19). The van der Waals surface area contributed by atoms with Crippen LogP contribution in [0.15, 0.2) is 54.9 Å². The Kier molecular flexibility index (Phi) is 3.92. The topological polar surface area (TPSA) is 62.2 Å². The molecular formula is C15H16N2O2. The molecule has 2 rings (SSSR count). The van der Waals surface area contributed by atoms with Gasteiger partial charge in [0.2, 0.25) is 0 Å². The molecular weight excluding hydrogens is 240 g/mol. The number of carboxylic acid groups (broad SMARTS) is 1. The molecule has 4 nitrogen and oxygen atoms in total. The molecule has 1 unspecified atom stereocenters. The summed E-state index contributed by atoms with van der Waals surface area (Å²) in [4.78, 5) is 15.5. The van der Waals surface area contributed by atoms with Gasteiger partial charge in [-0.3, -0.25) is 10.3 Å². The van der Waals surface area contributed by atoms with Gasteiger partial charge in [0.25, 0.3) is 0 Å². The predicted octanol–water partition coefficient (Wildman–Crippen LogP) is 2.17. The summed E-state index contributed by atoms with van der Waals surface area (Å²) in [5, 5.41) is 12.6. The lowest BCUT2D eigenvalue weighted by Gasteiger charge is -2.26. The molecule has 0 spiro atoms. The van der Waals surface area contributed by atoms with E-state index in [1.165, 1.54) is 0 Å². The molecule has 0 fully saturated rings. The van der Waals surface area contributed by atoms with Crippen molar-refractivity contribution in [3.63, 3.8) is 0 Å². The number of carbonyl (C=O) groups is 1. The van der Waals surface area contributed by atoms with Gasteiger partial charge in [0.05, 0.1) is 0 Å². The number of hydrogen-bond donors (Lipinski definition) is 2. The van der Waals surface area contributed by atoms with Crippen LogP contribution in [-0.2, 0) is 16.9 Å². The molecule has 0 radical (unpaired) electrons. The van der Waals surface area contributed by atoms with Gasteiger partial charge in [0.15, 0.2) is 0 Å². The van der Waals surface area contributed by atoms with Crippen LogP contribution in [0.2, 0.25) is 0 Å². The number of carboxylic acids is 1. The first-order valence-corrected chi connectivity index (χ1v) is 6.06. The Labute approximate surface area is 112 Å². The number of nitrogens with zero attached hydrogens (tertiary/aromatic N) is 1. The molecule has 0 amide bonds. The van der Waals surface area contributed by atoms with Gasteiger partial charge in [-0.25, -0.2) is 4.79 Å². The van der Waals surface area contributed by atoms with Crippen LogP contribution in [0.5, 0.6) is 0 Å². The van der Waals surface area contributed by atoms with E-state index in [0.29, 0.717) is 12.1 Å². The van der Waals surface area contributed by atoms with Gasteiger partial charge in [0.1, 0.15) is 5.54 Å². The lowest BCUT2D eigenvalue weighted by atomic mass is 9.92. The Morgan fingerprint density at radius 1 is 1.21 bits per heavy atom. The minimum atomic E-state index is -1.13. The third kappa shape index (κ3) is 2.98. The molecule has 0 bridgehead atoms. The Hall–Kier alpha value is -2.20. The number of aromatic nitrogens is 1. The first kappa shape index (κ1) is 13.2. The Balaban J connectivity index is 2.19. The molecule has 0 aliphatic carbocycles. The fourth-order valence-corrected chi connectivity index (χ4v) is 1.86. The summed E-state index contributed by atoms with van der Waals surface area (Å²) >= 11 is 0. The van der Waals surface area contributed by atoms with Crippen molar-refractivity contribution in [2.75, 3.05) is 0 Å². The zero-order chi connectivity index (χ0) is 13.7. The highest BCUT2D eigenvalue weighted by molar-refractivity contribution is 5.80. The van der Waals surface area contributed by atoms with Crippen molar-refractivity contribution in [2.24, 2.45) is 0 Å². The third-order valence-corrected chi connectivity index (χ3v) is 3.17. The molecule has 0 saturated carbocycles. The van der Waals surface area contributed by atoms with Gasteiger partial charge in [-0.15, -0.1) is 0 Å². The summed E-state index contributed by atoms with van der Waals surface area (Å²) in [7, 11) is 0. The average molecular weight is 256 g/mol. The Morgan fingerprint density at radius 3 is 2.42 bits per heavy atom. The van der Waals surface area contributed by atoms with Crippen LogP contribution in [0.3, 0.4) is 0 Å². The molecule has 4 heteroatoms. The molecule has 1 atom stereocenters. The summed E-state index contributed by atoms with van der Waals surface area (Å²) in [6.45, 7) is 2.15. The monoisotopic (exact) mass is 256 g/mol. The molecule has 0 aliphatic rings. The van der Waals surface area contributed by atoms with E-state index in [2.05, 4.69) is 10.3 Å². The second-order valence-electron chi connectivity index (χ2n) is 4.51. The molecule has 1 aromatic carbocycles. The fourth-order valence-electron chi connectivity index (χ4n) is 1.86. The Bertz CT molecular complexity index is 543. The number of nitrogens with one attached hydrogen (secondary N) is 1. The van der Waals surface area contributed by atoms with Crippen molar-refractivity contribution in [1.29, 1.82) is 0 Å². The largest absolute Gasteiger partial charge is 0.480 e. The van der Waals surface area contributed by atoms with Crippen molar-refractivity contribution in [2.45, 2.75) is 19.0 Å². The highest BCUT2D eigenvalue weighted by Crippen LogP contribution is 2.21. The molecule has 19 heavy (non-hydrogen) atoms. The van der Waals surface area contributed by atoms with Gasteiger partial charge in [-0.2, -0.15) is 0 Å². The van der Waals surface area contributed by atoms with E-state index in [0.717, 1.165) is 5.56 Å². The van der Waals surface area contributed by atoms with Crippen molar-refractivity contribution < 1.29 is 9.90 Å². The minimum Gasteiger partial charge on any atom is -0.480 e. The van der Waals surface area contributed by atoms with E-state index in [-0.39, 0.29) is 0 Å². The maximum absolute atomic E-state index is 11.6. The quantitative estimate of drug-likeness (QED) is 0.860. The van der Waals surface area contributed by atoms with Crippen molar-refractivity contribution in [3.05, 3.63) is 66.0 Å². The number of benzene rings is 1. The summed E-state index contributed by atoms with van der Waals surface area (Å²) in [5.41, 5.74) is 0.605. The molecule has 2 aromatic rings. The molecule has 2 N–H and O–H groups in total. The van der Waals surface area contributed by atoms with Gasteiger partial charge in [-0.1, -0.05) is 30.3 Å². The van der Waals surface area contributed by atoms with Crippen molar-refractivity contribution in [1.82, 2.24) is 10.3 Å². The van der Waals surface area contributed by atoms with E-state index in [4.69, 9.17) is 0 Å². The summed E-state index contributed by atoms with van der Waals surface area (Å²) in [6.07, 6.45) is 3.20. The van der Waals surface area contributed by atoms with E-state index in [1.807, 2.05) is 30.3 Å². The molecule has 0 saturated heterocycles. The van der Waals surface area contributed by atoms with Crippen LogP contribution in [0.1, 0.15) is 18.1 Å². The van der Waals surface area contributed by atoms with Crippen LogP contribution in [0.4, 0.5) is 0 Å². The molecule has 98 valence electrons. The Morgan fingerprint density at radius 2 is 1.84 bits per heavy atom. The smallest absolute Gasteiger partial charge is 0.328 e. The second-order valence-corrected chi connectivity index (χ2v) is 4.51. The van der Waals surface area contributed by atoms with Crippen LogP contribution in [0, 0.1) is 0 Å². The SMILES string of the molecule is CC(NCc1ccccc1)(C(=O)O)c1ccncc1. The lowest BCUT2D eigenvalue weighted by molar-refractivity contribution is -0.144. The number of hydrogen-bond acceptors (Lipinski definition) is 3. The van der Waals surface area contributed by atoms with Gasteiger partial charge < -0.3 is 5.11 Å². The number of rotatable bonds is 5. The van der Waals surface area contributed by atoms with E-state index >= 15 is 0 Å². The van der Waals surface area contributed by atoms with Crippen LogP contribution in [-0.4, -0.2) is 16.1 Å². The average Bonchev–Trinajstić information content (AvgIpc) is 2.46. The third-order valence-electron chi connectivity index (χ3n) is 3.17. The highest BCUT2D eigenvalue weighted by atomic mass is 16.4. The maximum atomic E-state index is 11.6. The van der Waals surface area contributed by atoms with Gasteiger partial charge >= 0.3 is 5.97 Å². The maximum Gasteiger partial charge on any atom is 0.328 e. The highest BCUT2D eigenvalue weighted by Gasteiger charge is 2.34. The van der Waals surface area contributed by atoms with Crippen molar-refractivity contribution >= 4 is 5.97 Å². The summed E-state index contributed by atoms with van der Waals surface area (Å²) in [5.74, 6) is -0.908. The van der Waals surface area contributed by atoms with Gasteiger partial charge in [-0.05, 0) is 30.2 Å². The van der Waals surface area contributed by atoms with Crippen molar-refractivity contribution in [3.8, 4) is 0 Å². The van der Waals surface area contributed by atoms with Crippen LogP contribution in [0.25, 0.3) is 0 Å². The van der Waals surface area contributed by atoms with Gasteiger partial charge in [0, 0.05) is 18.9 Å². The zero-order valence-corrected chi connectivity index (χ0v) is 10.7. The normalized spacial score (nSPS) is 13.7. The molecule has 1 aromatic heterocycles. The first-order valence-electron chi connectivity index (χ1n) is 6.06. The molecule has 1 heterocycles. The number of pyridine rings is 1. The minimum absolute atomic E-state index is 0.492. The zero-order valence-electron chi connectivity index (χ0n) is 10.7. The second kappa shape index (κ2) is 5.63. The first-order chi connectivity index (χ1) is 9.13. The number of aliphatic carboxylic acids is 1. The molecule has 0 aliphatic heterocycles. The van der Waals surface area contributed by atoms with Crippen LogP contribution < -0.4 is 5.32 Å².